The van der Waals surface area contributed by atoms with E-state index < -0.39 is 15.4 Å². The minimum Gasteiger partial charge on any atom is -0.493 e. The number of nitrogens with zero attached hydrogens (tertiary/aromatic N) is 1. The van der Waals surface area contributed by atoms with E-state index in [-0.39, 0.29) is 0 Å². The van der Waals surface area contributed by atoms with E-state index in [1.807, 2.05) is 44.2 Å². The molecule has 1 unspecified atom stereocenters. The fourth-order valence-electron chi connectivity index (χ4n) is 3.16. The number of ether oxygens (including phenoxy) is 1. The number of benzene rings is 2. The second-order valence-corrected chi connectivity index (χ2v) is 8.45. The van der Waals surface area contributed by atoms with E-state index in [9.17, 15) is 13.0 Å². The number of hydrogen-bond donors (Lipinski definition) is 1. The zero-order chi connectivity index (χ0) is 20.9. The Labute approximate surface area is 171 Å². The lowest BCUT2D eigenvalue weighted by Gasteiger charge is -2.14. The van der Waals surface area contributed by atoms with Gasteiger partial charge in [-0.15, -0.1) is 0 Å². The number of hydrogen-bond acceptors (Lipinski definition) is 5. The van der Waals surface area contributed by atoms with Gasteiger partial charge in [0.25, 0.3) is 10.1 Å². The highest BCUT2D eigenvalue weighted by atomic mass is 32.2. The van der Waals surface area contributed by atoms with E-state index in [0.717, 1.165) is 17.0 Å². The van der Waals surface area contributed by atoms with Crippen molar-refractivity contribution in [2.45, 2.75) is 38.4 Å². The molecule has 0 aliphatic rings. The molecule has 0 radical (unpaired) electrons. The summed E-state index contributed by atoms with van der Waals surface area (Å²) in [5.74, 6) is 1.98. The van der Waals surface area contributed by atoms with Gasteiger partial charge in [0.1, 0.15) is 16.8 Å². The Morgan fingerprint density at radius 2 is 1.79 bits per heavy atom. The summed E-state index contributed by atoms with van der Waals surface area (Å²) < 4.78 is 44.1. The molecule has 1 atom stereocenters. The van der Waals surface area contributed by atoms with Gasteiger partial charge < -0.3 is 9.15 Å². The third-order valence-electron chi connectivity index (χ3n) is 4.68. The van der Waals surface area contributed by atoms with Crippen molar-refractivity contribution >= 4 is 10.1 Å². The molecule has 0 amide bonds. The van der Waals surface area contributed by atoms with Gasteiger partial charge in [-0.1, -0.05) is 43.7 Å². The van der Waals surface area contributed by atoms with Crippen LogP contribution in [0, 0.1) is 6.92 Å². The fourth-order valence-corrected chi connectivity index (χ4v) is 4.19. The molecule has 3 aromatic rings. The summed E-state index contributed by atoms with van der Waals surface area (Å²) in [6.45, 7) is 4.18. The maximum Gasteiger partial charge on any atom is 0.271 e. The summed E-state index contributed by atoms with van der Waals surface area (Å²) in [7, 11) is -4.13. The molecule has 0 fully saturated rings. The smallest absolute Gasteiger partial charge is 0.271 e. The fraction of sp³-hybridized carbons (Fsp3) is 0.318. The van der Waals surface area contributed by atoms with Gasteiger partial charge >= 0.3 is 0 Å². The van der Waals surface area contributed by atoms with Crippen LogP contribution in [0.25, 0.3) is 11.5 Å². The van der Waals surface area contributed by atoms with E-state index in [0.29, 0.717) is 43.1 Å². The minimum atomic E-state index is -4.13. The van der Waals surface area contributed by atoms with Crippen LogP contribution >= 0.6 is 0 Å². The van der Waals surface area contributed by atoms with Crippen molar-refractivity contribution < 1.29 is 22.1 Å². The summed E-state index contributed by atoms with van der Waals surface area (Å²) in [5.41, 5.74) is 2.33. The van der Waals surface area contributed by atoms with Crippen LogP contribution in [0.2, 0.25) is 0 Å². The molecular weight excluding hydrogens is 390 g/mol. The molecule has 0 bridgehead atoms. The van der Waals surface area contributed by atoms with E-state index in [1.54, 1.807) is 24.3 Å². The molecule has 0 aliphatic carbocycles. The number of rotatable bonds is 9. The molecule has 1 aromatic heterocycles. The van der Waals surface area contributed by atoms with Crippen molar-refractivity contribution in [3.8, 4) is 17.2 Å². The highest BCUT2D eigenvalue weighted by molar-refractivity contribution is 7.86. The Kier molecular flexibility index (Phi) is 6.71. The predicted molar refractivity (Wildman–Crippen MR) is 112 cm³/mol. The van der Waals surface area contributed by atoms with Gasteiger partial charge in [0, 0.05) is 12.0 Å². The summed E-state index contributed by atoms with van der Waals surface area (Å²) in [5, 5.41) is -0.907. The largest absolute Gasteiger partial charge is 0.493 e. The molecule has 0 spiro atoms. The summed E-state index contributed by atoms with van der Waals surface area (Å²) in [6.07, 6.45) is 1.62. The average molecular weight is 416 g/mol. The van der Waals surface area contributed by atoms with Gasteiger partial charge in [0.05, 0.1) is 12.3 Å². The summed E-state index contributed by atoms with van der Waals surface area (Å²) in [6, 6.07) is 16.5. The molecular formula is C22H25NO5S. The first-order chi connectivity index (χ1) is 13.9. The lowest BCUT2D eigenvalue weighted by molar-refractivity contribution is 0.319. The Morgan fingerprint density at radius 1 is 1.10 bits per heavy atom. The number of oxazole rings is 1. The minimum absolute atomic E-state index is 0.369. The standard InChI is InChI=1S/C22H25NO5S/c1-3-7-21(29(24,25)26)17-10-12-19(13-11-17)27-15-14-20-16(2)28-22(23-20)18-8-5-4-6-9-18/h4-6,8-13,21H,3,7,14-15H2,1-2H3,(H,24,25,26). The van der Waals surface area contributed by atoms with Crippen LogP contribution < -0.4 is 4.74 Å². The zero-order valence-corrected chi connectivity index (χ0v) is 17.4. The molecule has 0 saturated heterocycles. The normalized spacial score (nSPS) is 12.7. The van der Waals surface area contributed by atoms with E-state index >= 15 is 0 Å². The van der Waals surface area contributed by atoms with Gasteiger partial charge in [-0.25, -0.2) is 4.98 Å². The lowest BCUT2D eigenvalue weighted by atomic mass is 10.1. The number of aryl methyl sites for hydroxylation is 1. The molecule has 1 heterocycles. The first-order valence-corrected chi connectivity index (χ1v) is 11.1. The van der Waals surface area contributed by atoms with E-state index in [2.05, 4.69) is 4.98 Å². The first kappa shape index (κ1) is 21.1. The summed E-state index contributed by atoms with van der Waals surface area (Å²) in [4.78, 5) is 4.55. The zero-order valence-electron chi connectivity index (χ0n) is 16.5. The van der Waals surface area contributed by atoms with Crippen LogP contribution in [0.1, 0.15) is 42.0 Å². The monoisotopic (exact) mass is 415 g/mol. The third kappa shape index (κ3) is 5.46. The van der Waals surface area contributed by atoms with Crippen LogP contribution in [0.4, 0.5) is 0 Å². The number of aromatic nitrogens is 1. The van der Waals surface area contributed by atoms with Crippen LogP contribution in [0.15, 0.2) is 59.0 Å². The maximum atomic E-state index is 11.6. The molecule has 1 N–H and O–H groups in total. The molecule has 6 nitrogen and oxygen atoms in total. The van der Waals surface area contributed by atoms with Crippen LogP contribution in [0.5, 0.6) is 5.75 Å². The highest BCUT2D eigenvalue weighted by Crippen LogP contribution is 2.28. The van der Waals surface area contributed by atoms with Crippen molar-refractivity contribution in [1.82, 2.24) is 4.98 Å². The third-order valence-corrected chi connectivity index (χ3v) is 5.91. The lowest BCUT2D eigenvalue weighted by Crippen LogP contribution is -2.12. The van der Waals surface area contributed by atoms with Gasteiger partial charge in [0.2, 0.25) is 5.89 Å². The molecule has 7 heteroatoms. The Balaban J connectivity index is 1.61. The van der Waals surface area contributed by atoms with Crippen LogP contribution in [-0.4, -0.2) is 24.6 Å². The van der Waals surface area contributed by atoms with Crippen molar-refractivity contribution in [2.75, 3.05) is 6.61 Å². The van der Waals surface area contributed by atoms with Crippen molar-refractivity contribution in [2.24, 2.45) is 0 Å². The summed E-state index contributed by atoms with van der Waals surface area (Å²) >= 11 is 0. The van der Waals surface area contributed by atoms with E-state index in [4.69, 9.17) is 9.15 Å². The Bertz CT molecular complexity index is 1030. The van der Waals surface area contributed by atoms with Crippen LogP contribution in [-0.2, 0) is 16.5 Å². The van der Waals surface area contributed by atoms with Gasteiger partial charge in [0.15, 0.2) is 0 Å². The molecule has 0 aliphatic heterocycles. The molecule has 154 valence electrons. The molecule has 2 aromatic carbocycles. The maximum absolute atomic E-state index is 11.6. The highest BCUT2D eigenvalue weighted by Gasteiger charge is 2.24. The second kappa shape index (κ2) is 9.24. The van der Waals surface area contributed by atoms with Crippen molar-refractivity contribution in [3.63, 3.8) is 0 Å². The molecule has 3 rings (SSSR count). The van der Waals surface area contributed by atoms with Crippen molar-refractivity contribution in [3.05, 3.63) is 71.6 Å². The Hall–Kier alpha value is -2.64. The molecule has 0 saturated carbocycles. The van der Waals surface area contributed by atoms with E-state index in [1.165, 1.54) is 0 Å². The van der Waals surface area contributed by atoms with Gasteiger partial charge in [-0.3, -0.25) is 4.55 Å². The van der Waals surface area contributed by atoms with Gasteiger partial charge in [-0.05, 0) is 43.2 Å². The Morgan fingerprint density at radius 3 is 2.41 bits per heavy atom. The average Bonchev–Trinajstić information content (AvgIpc) is 3.07. The quantitative estimate of drug-likeness (QED) is 0.495. The second-order valence-electron chi connectivity index (χ2n) is 6.85. The predicted octanol–water partition coefficient (Wildman–Crippen LogP) is 5.00. The SMILES string of the molecule is CCCC(c1ccc(OCCc2nc(-c3ccccc3)oc2C)cc1)S(=O)(=O)O. The first-order valence-electron chi connectivity index (χ1n) is 9.59. The topological polar surface area (TPSA) is 89.6 Å². The van der Waals surface area contributed by atoms with Crippen molar-refractivity contribution in [1.29, 1.82) is 0 Å². The van der Waals surface area contributed by atoms with Gasteiger partial charge in [-0.2, -0.15) is 8.42 Å². The van der Waals surface area contributed by atoms with Crippen LogP contribution in [0.3, 0.4) is 0 Å². The molecule has 29 heavy (non-hydrogen) atoms.